The second kappa shape index (κ2) is 26.6. The molecule has 2 rings (SSSR count). The standard InChI is InChI=1S/C30H53N9O18/c40-18-14-54-29(27(18)52)35-56-16-22(44)33-3-1-31-20(42)9-38(12-25(48)49)7-5-37(11-24(46)47)6-8-39(13-26(50)51)10-21(43)32-2-4-34-23(45)17-57-36-30-28(53)19(41)15-55-30/h18-19,27-30,35-36,40-41,52-53H,1-17H2,(H,31,42)(H,32,43)(H,33,44)(H,34,45)(H,46,47)(H,48,49)(H,50,51)/t18-,19-,27+,28+,29?,30?/m1/s1. The van der Waals surface area contributed by atoms with Crippen LogP contribution in [0.5, 0.6) is 0 Å². The molecule has 27 heteroatoms. The third-order valence-electron chi connectivity index (χ3n) is 7.92. The van der Waals surface area contributed by atoms with Crippen molar-refractivity contribution in [3.63, 3.8) is 0 Å². The van der Waals surface area contributed by atoms with Gasteiger partial charge >= 0.3 is 17.9 Å². The van der Waals surface area contributed by atoms with Gasteiger partial charge in [-0.25, -0.2) is 0 Å². The van der Waals surface area contributed by atoms with Crippen LogP contribution >= 0.6 is 0 Å². The highest BCUT2D eigenvalue weighted by Gasteiger charge is 2.35. The summed E-state index contributed by atoms with van der Waals surface area (Å²) in [6.45, 7) is -4.06. The molecule has 57 heavy (non-hydrogen) atoms. The Bertz CT molecular complexity index is 1230. The van der Waals surface area contributed by atoms with Crippen molar-refractivity contribution in [2.45, 2.75) is 36.9 Å². The molecule has 0 aromatic rings. The van der Waals surface area contributed by atoms with Crippen molar-refractivity contribution in [2.24, 2.45) is 0 Å². The average Bonchev–Trinajstić information content (AvgIpc) is 3.62. The van der Waals surface area contributed by atoms with Crippen LogP contribution < -0.4 is 32.2 Å². The third kappa shape index (κ3) is 21.2. The zero-order chi connectivity index (χ0) is 42.3. The molecule has 0 saturated carbocycles. The Morgan fingerprint density at radius 1 is 0.491 bits per heavy atom. The molecule has 0 aromatic heterocycles. The van der Waals surface area contributed by atoms with E-state index in [4.69, 9.17) is 19.1 Å². The number of hydroxylamine groups is 2. The van der Waals surface area contributed by atoms with Crippen molar-refractivity contribution in [2.75, 3.05) is 112 Å². The van der Waals surface area contributed by atoms with Gasteiger partial charge in [0.2, 0.25) is 23.6 Å². The van der Waals surface area contributed by atoms with Gasteiger partial charge in [-0.1, -0.05) is 0 Å². The molecule has 4 amide bonds. The summed E-state index contributed by atoms with van der Waals surface area (Å²) in [6.07, 6.45) is -6.71. The van der Waals surface area contributed by atoms with Gasteiger partial charge in [0.15, 0.2) is 12.5 Å². The zero-order valence-electron chi connectivity index (χ0n) is 30.9. The molecule has 13 N–H and O–H groups in total. The smallest absolute Gasteiger partial charge is 0.317 e. The van der Waals surface area contributed by atoms with Crippen molar-refractivity contribution in [3.8, 4) is 0 Å². The minimum atomic E-state index is -1.27. The summed E-state index contributed by atoms with van der Waals surface area (Å²) in [7, 11) is 0. The van der Waals surface area contributed by atoms with E-state index < -0.39 is 124 Å². The van der Waals surface area contributed by atoms with Gasteiger partial charge in [0.1, 0.15) is 37.6 Å². The van der Waals surface area contributed by atoms with E-state index in [9.17, 15) is 69.3 Å². The second-order valence-electron chi connectivity index (χ2n) is 12.7. The van der Waals surface area contributed by atoms with Gasteiger partial charge < -0.3 is 66.5 Å². The van der Waals surface area contributed by atoms with Gasteiger partial charge in [-0.2, -0.15) is 11.0 Å². The number of rotatable bonds is 30. The maximum Gasteiger partial charge on any atom is 0.317 e. The molecule has 0 aliphatic carbocycles. The summed E-state index contributed by atoms with van der Waals surface area (Å²) in [5, 5.41) is 76.3. The number of ether oxygens (including phenoxy) is 2. The minimum Gasteiger partial charge on any atom is -0.480 e. The fourth-order valence-corrected chi connectivity index (χ4v) is 5.05. The summed E-state index contributed by atoms with van der Waals surface area (Å²) >= 11 is 0. The minimum absolute atomic E-state index is 0.0211. The Labute approximate surface area is 325 Å². The van der Waals surface area contributed by atoms with E-state index in [2.05, 4.69) is 32.2 Å². The lowest BCUT2D eigenvalue weighted by molar-refractivity contribution is -0.141. The van der Waals surface area contributed by atoms with Crippen molar-refractivity contribution in [3.05, 3.63) is 0 Å². The van der Waals surface area contributed by atoms with Gasteiger partial charge in [-0.05, 0) is 0 Å². The Morgan fingerprint density at radius 2 is 0.807 bits per heavy atom. The highest BCUT2D eigenvalue weighted by molar-refractivity contribution is 5.80. The normalized spacial score (nSPS) is 21.8. The van der Waals surface area contributed by atoms with E-state index >= 15 is 0 Å². The van der Waals surface area contributed by atoms with E-state index in [0.717, 1.165) is 0 Å². The SMILES string of the molecule is O=C(O)CN(CCN(CC(=O)O)CC(=O)NCCNC(=O)CONC1OC[C@@H](O)[C@@H]1O)CCN(CC(=O)O)CC(=O)NCCNC(=O)CONC1OC[C@@H](O)[C@@H]1O. The first-order valence-electron chi connectivity index (χ1n) is 17.6. The van der Waals surface area contributed by atoms with Crippen molar-refractivity contribution in [1.29, 1.82) is 0 Å². The fraction of sp³-hybridized carbons (Fsp3) is 0.767. The van der Waals surface area contributed by atoms with Gasteiger partial charge in [0.25, 0.3) is 0 Å². The Morgan fingerprint density at radius 3 is 1.12 bits per heavy atom. The van der Waals surface area contributed by atoms with Gasteiger partial charge in [0.05, 0.1) is 45.9 Å². The Kier molecular flexibility index (Phi) is 22.9. The maximum atomic E-state index is 12.5. The summed E-state index contributed by atoms with van der Waals surface area (Å²) in [5.74, 6) is -6.13. The lowest BCUT2D eigenvalue weighted by Gasteiger charge is -2.28. The van der Waals surface area contributed by atoms with Crippen LogP contribution in [0.4, 0.5) is 0 Å². The van der Waals surface area contributed by atoms with Crippen LogP contribution in [-0.2, 0) is 52.7 Å². The number of aliphatic hydroxyl groups is 4. The van der Waals surface area contributed by atoms with Crippen LogP contribution in [0.15, 0.2) is 0 Å². The second-order valence-corrected chi connectivity index (χ2v) is 12.7. The van der Waals surface area contributed by atoms with E-state index in [1.165, 1.54) is 14.7 Å². The molecule has 6 atom stereocenters. The number of carboxylic acids is 3. The molecule has 0 bridgehead atoms. The molecule has 2 unspecified atom stereocenters. The molecule has 2 heterocycles. The third-order valence-corrected chi connectivity index (χ3v) is 7.92. The number of hydrogen-bond donors (Lipinski definition) is 13. The largest absolute Gasteiger partial charge is 0.480 e. The average molecular weight is 828 g/mol. The molecule has 0 radical (unpaired) electrons. The number of nitrogens with zero attached hydrogens (tertiary/aromatic N) is 3. The van der Waals surface area contributed by atoms with Crippen LogP contribution in [0, 0.1) is 0 Å². The lowest BCUT2D eigenvalue weighted by atomic mass is 10.2. The summed E-state index contributed by atoms with van der Waals surface area (Å²) in [5.41, 5.74) is 4.60. The lowest BCUT2D eigenvalue weighted by Crippen LogP contribution is -2.48. The van der Waals surface area contributed by atoms with E-state index in [-0.39, 0.29) is 65.6 Å². The maximum absolute atomic E-state index is 12.5. The zero-order valence-corrected chi connectivity index (χ0v) is 30.9. The van der Waals surface area contributed by atoms with Crippen molar-refractivity contribution < 1.29 is 88.5 Å². The quantitative estimate of drug-likeness (QED) is 0.0236. The number of hydrogen-bond acceptors (Lipinski definition) is 20. The number of carbonyl (C=O) groups excluding carboxylic acids is 4. The Hall–Kier alpha value is -4.23. The number of carbonyl (C=O) groups is 7. The van der Waals surface area contributed by atoms with Crippen LogP contribution in [-0.4, -0.2) is 240 Å². The van der Waals surface area contributed by atoms with Gasteiger partial charge in [-0.3, -0.25) is 57.9 Å². The molecule has 2 fully saturated rings. The van der Waals surface area contributed by atoms with Gasteiger partial charge in [0, 0.05) is 52.4 Å². The first-order valence-corrected chi connectivity index (χ1v) is 17.6. The molecule has 0 spiro atoms. The molecule has 2 saturated heterocycles. The van der Waals surface area contributed by atoms with E-state index in [1.807, 2.05) is 0 Å². The van der Waals surface area contributed by atoms with Crippen molar-refractivity contribution >= 4 is 41.5 Å². The Balaban J connectivity index is 1.73. The summed E-state index contributed by atoms with van der Waals surface area (Å²) in [4.78, 5) is 97.2. The van der Waals surface area contributed by atoms with Crippen LogP contribution in [0.3, 0.4) is 0 Å². The first kappa shape index (κ1) is 48.9. The molecule has 27 nitrogen and oxygen atoms in total. The first-order chi connectivity index (χ1) is 27.0. The number of nitrogens with one attached hydrogen (secondary N) is 6. The van der Waals surface area contributed by atoms with Crippen LogP contribution in [0.25, 0.3) is 0 Å². The monoisotopic (exact) mass is 827 g/mol. The van der Waals surface area contributed by atoms with Crippen molar-refractivity contribution in [1.82, 2.24) is 46.9 Å². The number of aliphatic carboxylic acids is 3. The van der Waals surface area contributed by atoms with Crippen LogP contribution in [0.1, 0.15) is 0 Å². The molecule has 0 aromatic carbocycles. The predicted molar refractivity (Wildman–Crippen MR) is 186 cm³/mol. The fourth-order valence-electron chi connectivity index (χ4n) is 5.05. The molecule has 2 aliphatic rings. The van der Waals surface area contributed by atoms with E-state index in [0.29, 0.717) is 0 Å². The molecular formula is C30H53N9O18. The summed E-state index contributed by atoms with van der Waals surface area (Å²) < 4.78 is 10.1. The molecule has 326 valence electrons. The van der Waals surface area contributed by atoms with Crippen LogP contribution in [0.2, 0.25) is 0 Å². The highest BCUT2D eigenvalue weighted by atomic mass is 16.7. The predicted octanol–water partition coefficient (Wildman–Crippen LogP) is -9.19. The summed E-state index contributed by atoms with van der Waals surface area (Å²) in [6, 6.07) is 0. The number of amides is 4. The highest BCUT2D eigenvalue weighted by Crippen LogP contribution is 2.12. The molecule has 2 aliphatic heterocycles. The van der Waals surface area contributed by atoms with Gasteiger partial charge in [-0.15, -0.1) is 0 Å². The number of aliphatic hydroxyl groups excluding tert-OH is 4. The van der Waals surface area contributed by atoms with E-state index in [1.54, 1.807) is 0 Å². The number of carboxylic acid groups (broad SMARTS) is 3. The molecular weight excluding hydrogens is 774 g/mol. The topological polar surface area (TPSA) is 380 Å².